The van der Waals surface area contributed by atoms with E-state index in [2.05, 4.69) is 10.7 Å². The molecule has 0 aromatic heterocycles. The number of hydrogen-bond acceptors (Lipinski definition) is 6. The third-order valence-electron chi connectivity index (χ3n) is 4.93. The average molecular weight is 470 g/mol. The standard InChI is InChI=1S/C25H31N3O6/c1-17(34-25(2,3)4)22(26-24(31)32-16-18-11-7-5-8-12-18)23(30)27-28-20(29)15-21(28)33-19-13-9-6-10-14-19/h5-14,17,21-22H,15-16H2,1-4H3,(H,26,31)(H,27,30)/t17?,21?,22-/m0/s1. The Kier molecular flexibility index (Phi) is 8.12. The van der Waals surface area contributed by atoms with E-state index in [9.17, 15) is 14.4 Å². The molecule has 0 spiro atoms. The molecule has 1 aliphatic heterocycles. The molecule has 3 amide bonds. The first kappa shape index (κ1) is 25.0. The number of carbonyl (C=O) groups is 3. The summed E-state index contributed by atoms with van der Waals surface area (Å²) in [4.78, 5) is 37.7. The van der Waals surface area contributed by atoms with Crippen molar-refractivity contribution >= 4 is 17.9 Å². The summed E-state index contributed by atoms with van der Waals surface area (Å²) in [5.74, 6) is -0.352. The fourth-order valence-corrected chi connectivity index (χ4v) is 3.37. The molecule has 34 heavy (non-hydrogen) atoms. The molecule has 2 aromatic carbocycles. The van der Waals surface area contributed by atoms with Crippen LogP contribution in [0.5, 0.6) is 5.75 Å². The second-order valence-corrected chi connectivity index (χ2v) is 8.95. The van der Waals surface area contributed by atoms with Gasteiger partial charge in [0.05, 0.1) is 18.1 Å². The molecule has 0 bridgehead atoms. The first-order valence-electron chi connectivity index (χ1n) is 11.1. The van der Waals surface area contributed by atoms with E-state index >= 15 is 0 Å². The van der Waals surface area contributed by atoms with Gasteiger partial charge in [-0.2, -0.15) is 0 Å². The Morgan fingerprint density at radius 3 is 2.26 bits per heavy atom. The van der Waals surface area contributed by atoms with Crippen LogP contribution in [0.4, 0.5) is 4.79 Å². The van der Waals surface area contributed by atoms with Gasteiger partial charge in [-0.15, -0.1) is 0 Å². The van der Waals surface area contributed by atoms with Crippen LogP contribution in [0.2, 0.25) is 0 Å². The highest BCUT2D eigenvalue weighted by Gasteiger charge is 2.42. The second-order valence-electron chi connectivity index (χ2n) is 8.95. The van der Waals surface area contributed by atoms with Crippen molar-refractivity contribution in [3.05, 3.63) is 66.2 Å². The summed E-state index contributed by atoms with van der Waals surface area (Å²) < 4.78 is 16.9. The predicted molar refractivity (Wildman–Crippen MR) is 124 cm³/mol. The highest BCUT2D eigenvalue weighted by Crippen LogP contribution is 2.22. The van der Waals surface area contributed by atoms with Crippen molar-refractivity contribution in [3.8, 4) is 5.75 Å². The maximum absolute atomic E-state index is 13.1. The minimum absolute atomic E-state index is 0.0487. The molecule has 9 nitrogen and oxygen atoms in total. The Bertz CT molecular complexity index is 977. The van der Waals surface area contributed by atoms with Gasteiger partial charge in [0.25, 0.3) is 5.91 Å². The van der Waals surface area contributed by atoms with E-state index in [-0.39, 0.29) is 18.9 Å². The number of alkyl carbamates (subject to hydrolysis) is 1. The molecular formula is C25H31N3O6. The molecule has 0 saturated carbocycles. The third kappa shape index (κ3) is 7.21. The minimum Gasteiger partial charge on any atom is -0.468 e. The Labute approximate surface area is 199 Å². The van der Waals surface area contributed by atoms with Crippen LogP contribution >= 0.6 is 0 Å². The van der Waals surface area contributed by atoms with E-state index in [1.807, 2.05) is 69.3 Å². The lowest BCUT2D eigenvalue weighted by Gasteiger charge is -2.40. The molecule has 2 aromatic rings. The van der Waals surface area contributed by atoms with E-state index in [0.717, 1.165) is 10.6 Å². The van der Waals surface area contributed by atoms with Crippen molar-refractivity contribution in [2.24, 2.45) is 0 Å². The zero-order valence-electron chi connectivity index (χ0n) is 19.8. The molecule has 3 atom stereocenters. The molecule has 9 heteroatoms. The van der Waals surface area contributed by atoms with Crippen LogP contribution in [-0.2, 0) is 25.7 Å². The summed E-state index contributed by atoms with van der Waals surface area (Å²) in [5.41, 5.74) is 2.79. The molecular weight excluding hydrogens is 438 g/mol. The number of hydrazine groups is 1. The lowest BCUT2D eigenvalue weighted by atomic mass is 10.1. The fraction of sp³-hybridized carbons (Fsp3) is 0.400. The van der Waals surface area contributed by atoms with Crippen molar-refractivity contribution in [1.82, 2.24) is 15.8 Å². The Hall–Kier alpha value is -3.59. The molecule has 1 fully saturated rings. The topological polar surface area (TPSA) is 106 Å². The monoisotopic (exact) mass is 469 g/mol. The van der Waals surface area contributed by atoms with Gasteiger partial charge in [0, 0.05) is 0 Å². The quantitative estimate of drug-likeness (QED) is 0.547. The molecule has 0 radical (unpaired) electrons. The lowest BCUT2D eigenvalue weighted by Crippen LogP contribution is -2.66. The maximum atomic E-state index is 13.1. The Morgan fingerprint density at radius 2 is 1.68 bits per heavy atom. The summed E-state index contributed by atoms with van der Waals surface area (Å²) in [6.45, 7) is 7.24. The number of rotatable bonds is 9. The summed E-state index contributed by atoms with van der Waals surface area (Å²) in [6, 6.07) is 17.1. The molecule has 1 heterocycles. The number of hydrogen-bond donors (Lipinski definition) is 2. The summed E-state index contributed by atoms with van der Waals surface area (Å²) in [5, 5.41) is 3.68. The van der Waals surface area contributed by atoms with Crippen molar-refractivity contribution < 1.29 is 28.6 Å². The molecule has 3 rings (SSSR count). The SMILES string of the molecule is CC(OC(C)(C)C)[C@H](NC(=O)OCc1ccccc1)C(=O)NN1C(=O)CC1Oc1ccccc1. The van der Waals surface area contributed by atoms with Crippen LogP contribution < -0.4 is 15.5 Å². The molecule has 0 aliphatic carbocycles. The molecule has 2 unspecified atom stereocenters. The number of benzene rings is 2. The van der Waals surface area contributed by atoms with Crippen LogP contribution in [0.3, 0.4) is 0 Å². The predicted octanol–water partition coefficient (Wildman–Crippen LogP) is 3.15. The molecule has 182 valence electrons. The largest absolute Gasteiger partial charge is 0.468 e. The minimum atomic E-state index is -1.12. The van der Waals surface area contributed by atoms with Crippen molar-refractivity contribution in [2.75, 3.05) is 0 Å². The number of para-hydroxylation sites is 1. The number of amides is 3. The summed E-state index contributed by atoms with van der Waals surface area (Å²) in [6.07, 6.45) is -2.02. The number of carbonyl (C=O) groups excluding carboxylic acids is 3. The van der Waals surface area contributed by atoms with E-state index < -0.39 is 36.0 Å². The molecule has 1 saturated heterocycles. The molecule has 1 aliphatic rings. The maximum Gasteiger partial charge on any atom is 0.408 e. The highest BCUT2D eigenvalue weighted by atomic mass is 16.6. The number of nitrogens with zero attached hydrogens (tertiary/aromatic N) is 1. The van der Waals surface area contributed by atoms with Crippen LogP contribution in [0.25, 0.3) is 0 Å². The zero-order chi connectivity index (χ0) is 24.7. The van der Waals surface area contributed by atoms with E-state index in [1.54, 1.807) is 19.1 Å². The van der Waals surface area contributed by atoms with Gasteiger partial charge in [-0.05, 0) is 45.4 Å². The van der Waals surface area contributed by atoms with Crippen molar-refractivity contribution in [1.29, 1.82) is 0 Å². The van der Waals surface area contributed by atoms with Crippen LogP contribution in [-0.4, -0.2) is 46.9 Å². The van der Waals surface area contributed by atoms with Gasteiger partial charge >= 0.3 is 6.09 Å². The first-order valence-corrected chi connectivity index (χ1v) is 11.1. The van der Waals surface area contributed by atoms with Crippen LogP contribution in [0, 0.1) is 0 Å². The van der Waals surface area contributed by atoms with Crippen LogP contribution in [0.1, 0.15) is 39.7 Å². The lowest BCUT2D eigenvalue weighted by molar-refractivity contribution is -0.174. The fourth-order valence-electron chi connectivity index (χ4n) is 3.37. The Morgan fingerprint density at radius 1 is 1.06 bits per heavy atom. The van der Waals surface area contributed by atoms with Gasteiger partial charge < -0.3 is 19.5 Å². The van der Waals surface area contributed by atoms with E-state index in [1.165, 1.54) is 0 Å². The van der Waals surface area contributed by atoms with Gasteiger partial charge in [-0.25, -0.2) is 9.80 Å². The van der Waals surface area contributed by atoms with Crippen molar-refractivity contribution in [3.63, 3.8) is 0 Å². The smallest absolute Gasteiger partial charge is 0.408 e. The third-order valence-corrected chi connectivity index (χ3v) is 4.93. The Balaban J connectivity index is 1.64. The van der Waals surface area contributed by atoms with Gasteiger partial charge in [-0.3, -0.25) is 15.0 Å². The zero-order valence-corrected chi connectivity index (χ0v) is 19.8. The van der Waals surface area contributed by atoms with Gasteiger partial charge in [-0.1, -0.05) is 48.5 Å². The van der Waals surface area contributed by atoms with Crippen LogP contribution in [0.15, 0.2) is 60.7 Å². The number of nitrogens with one attached hydrogen (secondary N) is 2. The highest BCUT2D eigenvalue weighted by molar-refractivity contribution is 5.90. The number of ether oxygens (including phenoxy) is 3. The van der Waals surface area contributed by atoms with E-state index in [4.69, 9.17) is 14.2 Å². The van der Waals surface area contributed by atoms with Gasteiger partial charge in [0.1, 0.15) is 18.4 Å². The summed E-state index contributed by atoms with van der Waals surface area (Å²) >= 11 is 0. The van der Waals surface area contributed by atoms with Gasteiger partial charge in [0.15, 0.2) is 0 Å². The van der Waals surface area contributed by atoms with E-state index in [0.29, 0.717) is 5.75 Å². The second kappa shape index (κ2) is 11.0. The first-order chi connectivity index (χ1) is 16.1. The average Bonchev–Trinajstić information content (AvgIpc) is 2.79. The van der Waals surface area contributed by atoms with Gasteiger partial charge in [0.2, 0.25) is 12.1 Å². The number of β-lactam (4-membered cyclic amide) rings is 1. The van der Waals surface area contributed by atoms with Crippen molar-refractivity contribution in [2.45, 2.75) is 64.7 Å². The summed E-state index contributed by atoms with van der Waals surface area (Å²) in [7, 11) is 0. The normalized spacial score (nSPS) is 17.2. The molecule has 2 N–H and O–H groups in total.